The molecule has 36 heavy (non-hydrogen) atoms. The molecule has 0 saturated carbocycles. The molecule has 1 atom stereocenters. The number of carbonyl (C=O) groups excluding carboxylic acids is 1. The average Bonchev–Trinajstić information content (AvgIpc) is 3.50. The van der Waals surface area contributed by atoms with Crippen molar-refractivity contribution in [2.24, 2.45) is 12.5 Å². The van der Waals surface area contributed by atoms with E-state index in [9.17, 15) is 4.79 Å². The van der Waals surface area contributed by atoms with E-state index in [1.165, 1.54) is 0 Å². The van der Waals surface area contributed by atoms with Crippen LogP contribution in [-0.2, 0) is 11.8 Å². The number of carbonyl (C=O) groups is 1. The number of hydrogen-bond acceptors (Lipinski definition) is 7. The molecule has 10 heteroatoms. The van der Waals surface area contributed by atoms with Gasteiger partial charge in [-0.25, -0.2) is 19.7 Å². The van der Waals surface area contributed by atoms with Gasteiger partial charge in [-0.1, -0.05) is 11.6 Å². The maximum absolute atomic E-state index is 12.6. The van der Waals surface area contributed by atoms with Gasteiger partial charge in [-0.3, -0.25) is 0 Å². The van der Waals surface area contributed by atoms with Crippen LogP contribution in [0.15, 0.2) is 18.3 Å². The highest BCUT2D eigenvalue weighted by atomic mass is 35.5. The maximum Gasteiger partial charge on any atom is 0.410 e. The third-order valence-electron chi connectivity index (χ3n) is 7.13. The Kier molecular flexibility index (Phi) is 6.01. The Hall–Kier alpha value is -3.07. The lowest BCUT2D eigenvalue weighted by Crippen LogP contribution is -2.37. The quantitative estimate of drug-likeness (QED) is 0.496. The van der Waals surface area contributed by atoms with Crippen molar-refractivity contribution in [1.29, 1.82) is 0 Å². The van der Waals surface area contributed by atoms with Crippen LogP contribution in [0.2, 0.25) is 5.02 Å². The third-order valence-corrected chi connectivity index (χ3v) is 7.35. The second kappa shape index (κ2) is 8.80. The predicted octanol–water partition coefficient (Wildman–Crippen LogP) is 4.84. The Labute approximate surface area is 216 Å². The summed E-state index contributed by atoms with van der Waals surface area (Å²) >= 11 is 6.24. The first kappa shape index (κ1) is 24.6. The van der Waals surface area contributed by atoms with E-state index in [4.69, 9.17) is 36.0 Å². The molecule has 4 heterocycles. The van der Waals surface area contributed by atoms with Crippen molar-refractivity contribution in [2.75, 3.05) is 38.2 Å². The highest BCUT2D eigenvalue weighted by Crippen LogP contribution is 2.41. The molecule has 0 bridgehead atoms. The summed E-state index contributed by atoms with van der Waals surface area (Å²) < 4.78 is 13.1. The normalized spacial score (nSPS) is 20.1. The van der Waals surface area contributed by atoms with Crippen molar-refractivity contribution in [1.82, 2.24) is 24.4 Å². The number of benzene rings is 1. The molecule has 2 fully saturated rings. The Morgan fingerprint density at radius 1 is 1.14 bits per heavy atom. The molecule has 0 N–H and O–H groups in total. The summed E-state index contributed by atoms with van der Waals surface area (Å²) in [4.78, 5) is 31.1. The van der Waals surface area contributed by atoms with Crippen molar-refractivity contribution in [2.45, 2.75) is 46.1 Å². The maximum atomic E-state index is 12.6. The minimum atomic E-state index is -0.490. The van der Waals surface area contributed by atoms with Crippen LogP contribution in [0.3, 0.4) is 0 Å². The van der Waals surface area contributed by atoms with Crippen molar-refractivity contribution in [3.8, 4) is 17.1 Å². The Morgan fingerprint density at radius 3 is 2.61 bits per heavy atom. The molecule has 2 saturated heterocycles. The lowest BCUT2D eigenvalue weighted by Gasteiger charge is -2.27. The summed E-state index contributed by atoms with van der Waals surface area (Å²) in [6, 6.07) is 3.69. The third kappa shape index (κ3) is 4.45. The number of hydrogen-bond donors (Lipinski definition) is 0. The number of methoxy groups -OCH3 is 1. The Balaban J connectivity index is 1.38. The first-order valence-electron chi connectivity index (χ1n) is 12.3. The second-order valence-electron chi connectivity index (χ2n) is 11.0. The fourth-order valence-electron chi connectivity index (χ4n) is 5.37. The van der Waals surface area contributed by atoms with Crippen LogP contribution >= 0.6 is 11.6 Å². The van der Waals surface area contributed by atoms with Gasteiger partial charge in [-0.05, 0) is 58.2 Å². The fraction of sp³-hybridized carbons (Fsp3) is 0.538. The highest BCUT2D eigenvalue weighted by Gasteiger charge is 2.46. The monoisotopic (exact) mass is 512 g/mol. The van der Waals surface area contributed by atoms with Gasteiger partial charge in [0.2, 0.25) is 0 Å². The predicted molar refractivity (Wildman–Crippen MR) is 140 cm³/mol. The summed E-state index contributed by atoms with van der Waals surface area (Å²) in [6.45, 7) is 10.8. The number of anilines is 1. The van der Waals surface area contributed by atoms with Crippen LogP contribution in [-0.4, -0.2) is 69.4 Å². The van der Waals surface area contributed by atoms with Crippen molar-refractivity contribution < 1.29 is 14.3 Å². The van der Waals surface area contributed by atoms with E-state index >= 15 is 0 Å². The highest BCUT2D eigenvalue weighted by molar-refractivity contribution is 6.31. The van der Waals surface area contributed by atoms with Crippen LogP contribution in [0.1, 0.15) is 39.2 Å². The number of nitrogens with zero attached hydrogens (tertiary/aromatic N) is 6. The number of likely N-dealkylation sites (tertiary alicyclic amines) is 1. The summed E-state index contributed by atoms with van der Waals surface area (Å²) in [5, 5.41) is 0.616. The number of halogens is 1. The lowest BCUT2D eigenvalue weighted by atomic mass is 9.86. The van der Waals surface area contributed by atoms with Gasteiger partial charge >= 0.3 is 6.09 Å². The molecule has 1 unspecified atom stereocenters. The molecule has 192 valence electrons. The fourth-order valence-corrected chi connectivity index (χ4v) is 5.63. The van der Waals surface area contributed by atoms with Crippen LogP contribution in [0.4, 0.5) is 10.6 Å². The standard InChI is InChI=1S/C26H33ClN6O3/c1-16-11-17(27)12-18(35-6)20(16)22-30-21-23(31(22)5)28-13-19(29-21)32-9-7-26(14-32)8-10-33(15-26)24(34)36-25(2,3)4/h11-13H,7-10,14-15H2,1-6H3. The minimum absolute atomic E-state index is 0.0522. The first-order valence-corrected chi connectivity index (χ1v) is 12.6. The molecule has 2 aliphatic rings. The number of fused-ring (bicyclic) bond motifs is 1. The Bertz CT molecular complexity index is 1330. The topological polar surface area (TPSA) is 85.6 Å². The molecule has 1 amide bonds. The van der Waals surface area contributed by atoms with Gasteiger partial charge in [-0.2, -0.15) is 0 Å². The van der Waals surface area contributed by atoms with Crippen molar-refractivity contribution in [3.05, 3.63) is 28.9 Å². The largest absolute Gasteiger partial charge is 0.496 e. The van der Waals surface area contributed by atoms with Gasteiger partial charge in [0, 0.05) is 43.7 Å². The smallest absolute Gasteiger partial charge is 0.410 e. The van der Waals surface area contributed by atoms with E-state index in [1.807, 2.05) is 56.5 Å². The number of aromatic nitrogens is 4. The van der Waals surface area contributed by atoms with Gasteiger partial charge in [0.05, 0.1) is 18.9 Å². The zero-order valence-electron chi connectivity index (χ0n) is 21.8. The van der Waals surface area contributed by atoms with Crippen molar-refractivity contribution in [3.63, 3.8) is 0 Å². The van der Waals surface area contributed by atoms with Gasteiger partial charge in [-0.15, -0.1) is 0 Å². The van der Waals surface area contributed by atoms with Crippen LogP contribution in [0.5, 0.6) is 5.75 Å². The van der Waals surface area contributed by atoms with E-state index in [0.717, 1.165) is 55.2 Å². The van der Waals surface area contributed by atoms with E-state index in [0.29, 0.717) is 28.6 Å². The van der Waals surface area contributed by atoms with E-state index in [2.05, 4.69) is 4.90 Å². The van der Waals surface area contributed by atoms with Crippen LogP contribution < -0.4 is 9.64 Å². The van der Waals surface area contributed by atoms with E-state index in [-0.39, 0.29) is 11.5 Å². The van der Waals surface area contributed by atoms with E-state index in [1.54, 1.807) is 13.2 Å². The molecule has 1 spiro atoms. The molecular weight excluding hydrogens is 480 g/mol. The van der Waals surface area contributed by atoms with Gasteiger partial charge in [0.1, 0.15) is 23.0 Å². The molecule has 3 aromatic rings. The zero-order valence-corrected chi connectivity index (χ0v) is 22.5. The van der Waals surface area contributed by atoms with Gasteiger partial charge in [0.25, 0.3) is 0 Å². The van der Waals surface area contributed by atoms with Gasteiger partial charge < -0.3 is 23.8 Å². The average molecular weight is 513 g/mol. The number of imidazole rings is 1. The molecule has 0 aliphatic carbocycles. The molecule has 9 nitrogen and oxygen atoms in total. The molecule has 1 aromatic carbocycles. The number of ether oxygens (including phenoxy) is 2. The number of amides is 1. The molecular formula is C26H33ClN6O3. The number of rotatable bonds is 3. The lowest BCUT2D eigenvalue weighted by molar-refractivity contribution is 0.0276. The zero-order chi connectivity index (χ0) is 25.8. The summed E-state index contributed by atoms with van der Waals surface area (Å²) in [5.74, 6) is 2.20. The van der Waals surface area contributed by atoms with Gasteiger partial charge in [0.15, 0.2) is 11.3 Å². The molecule has 2 aliphatic heterocycles. The molecule has 5 rings (SSSR count). The minimum Gasteiger partial charge on any atom is -0.496 e. The summed E-state index contributed by atoms with van der Waals surface area (Å²) in [7, 11) is 3.56. The first-order chi connectivity index (χ1) is 17.0. The summed E-state index contributed by atoms with van der Waals surface area (Å²) in [6.07, 6.45) is 3.55. The molecule has 2 aromatic heterocycles. The Morgan fingerprint density at radius 2 is 1.89 bits per heavy atom. The molecule has 0 radical (unpaired) electrons. The van der Waals surface area contributed by atoms with E-state index < -0.39 is 5.60 Å². The van der Waals surface area contributed by atoms with Crippen LogP contribution in [0, 0.1) is 12.3 Å². The second-order valence-corrected chi connectivity index (χ2v) is 11.4. The summed E-state index contributed by atoms with van der Waals surface area (Å²) in [5.41, 5.74) is 2.70. The number of aryl methyl sites for hydroxylation is 2. The van der Waals surface area contributed by atoms with Crippen LogP contribution in [0.25, 0.3) is 22.7 Å². The van der Waals surface area contributed by atoms with Crippen molar-refractivity contribution >= 4 is 34.8 Å². The SMILES string of the molecule is COc1cc(Cl)cc(C)c1-c1nc2nc(N3CCC4(CCN(C(=O)OC(C)(C)C)C4)C3)cnc2n1C.